The SMILES string of the molecule is O=S1(=O)c2c(I)cc(I)cc2CC2C3CCC(S3)C21. The van der Waals surface area contributed by atoms with Gasteiger partial charge in [0, 0.05) is 17.6 Å². The van der Waals surface area contributed by atoms with E-state index in [-0.39, 0.29) is 5.25 Å². The van der Waals surface area contributed by atoms with Gasteiger partial charge >= 0.3 is 0 Å². The molecular weight excluding hydrogens is 506 g/mol. The van der Waals surface area contributed by atoms with Crippen molar-refractivity contribution in [3.8, 4) is 0 Å². The van der Waals surface area contributed by atoms with E-state index in [1.165, 1.54) is 6.42 Å². The number of fused-ring (bicyclic) bond motifs is 6. The minimum absolute atomic E-state index is 0.114. The van der Waals surface area contributed by atoms with Gasteiger partial charge in [-0.3, -0.25) is 0 Å². The first-order chi connectivity index (χ1) is 8.98. The fraction of sp³-hybridized carbons (Fsp3) is 0.538. The van der Waals surface area contributed by atoms with E-state index in [0.717, 1.165) is 25.5 Å². The van der Waals surface area contributed by atoms with E-state index >= 15 is 0 Å². The van der Waals surface area contributed by atoms with Crippen molar-refractivity contribution in [3.63, 3.8) is 0 Å². The standard InChI is InChI=1S/C13H12I2O2S2/c14-7-3-6-4-8-10-1-2-11(18-10)13(8)19(16,17)12(6)9(15)5-7/h3,5,8,10-11,13H,1-2,4H2. The molecule has 3 aliphatic heterocycles. The molecule has 2 bridgehead atoms. The van der Waals surface area contributed by atoms with Crippen LogP contribution in [0.25, 0.3) is 0 Å². The zero-order valence-corrected chi connectivity index (χ0v) is 15.9. The first-order valence-corrected chi connectivity index (χ1v) is 11.0. The molecular formula is C13H12I2O2S2. The summed E-state index contributed by atoms with van der Waals surface area (Å²) < 4.78 is 28.0. The average Bonchev–Trinajstić information content (AvgIpc) is 2.87. The third kappa shape index (κ3) is 1.88. The van der Waals surface area contributed by atoms with E-state index in [4.69, 9.17) is 0 Å². The quantitative estimate of drug-likeness (QED) is 0.494. The van der Waals surface area contributed by atoms with Crippen LogP contribution in [0, 0.1) is 13.1 Å². The van der Waals surface area contributed by atoms with Gasteiger partial charge in [-0.25, -0.2) is 8.42 Å². The predicted molar refractivity (Wildman–Crippen MR) is 94.4 cm³/mol. The Morgan fingerprint density at radius 2 is 1.89 bits per heavy atom. The minimum Gasteiger partial charge on any atom is -0.223 e. The van der Waals surface area contributed by atoms with Crippen LogP contribution in [0.15, 0.2) is 17.0 Å². The molecule has 0 radical (unpaired) electrons. The molecule has 6 heteroatoms. The summed E-state index contributed by atoms with van der Waals surface area (Å²) in [7, 11) is -3.13. The van der Waals surface area contributed by atoms with Gasteiger partial charge in [0.05, 0.1) is 10.1 Å². The number of rotatable bonds is 0. The van der Waals surface area contributed by atoms with E-state index in [1.807, 2.05) is 17.8 Å². The topological polar surface area (TPSA) is 34.1 Å². The lowest BCUT2D eigenvalue weighted by Crippen LogP contribution is -2.43. The van der Waals surface area contributed by atoms with Gasteiger partial charge in [-0.05, 0) is 88.1 Å². The summed E-state index contributed by atoms with van der Waals surface area (Å²) in [6.07, 6.45) is 3.26. The second kappa shape index (κ2) is 4.49. The molecule has 0 N–H and O–H groups in total. The van der Waals surface area contributed by atoms with Gasteiger partial charge in [0.1, 0.15) is 0 Å². The molecule has 2 nitrogen and oxygen atoms in total. The Kier molecular flexibility index (Phi) is 3.22. The number of thioether (sulfide) groups is 1. The van der Waals surface area contributed by atoms with Gasteiger partial charge in [-0.15, -0.1) is 0 Å². The summed E-state index contributed by atoms with van der Waals surface area (Å²) in [5, 5.41) is 0.814. The molecule has 3 heterocycles. The van der Waals surface area contributed by atoms with E-state index in [1.54, 1.807) is 0 Å². The van der Waals surface area contributed by atoms with E-state index < -0.39 is 9.84 Å². The van der Waals surface area contributed by atoms with Gasteiger partial charge in [0.25, 0.3) is 0 Å². The number of hydrogen-bond acceptors (Lipinski definition) is 3. The number of halogens is 2. The predicted octanol–water partition coefficient (Wildman–Crippen LogP) is 3.49. The molecule has 0 aliphatic carbocycles. The van der Waals surface area contributed by atoms with Crippen molar-refractivity contribution in [2.45, 2.75) is 39.9 Å². The maximum Gasteiger partial charge on any atom is 0.183 e. The van der Waals surface area contributed by atoms with Crippen LogP contribution in [0.4, 0.5) is 0 Å². The lowest BCUT2D eigenvalue weighted by molar-refractivity contribution is 0.393. The van der Waals surface area contributed by atoms with Gasteiger partial charge in [-0.2, -0.15) is 11.8 Å². The van der Waals surface area contributed by atoms with Crippen LogP contribution in [0.2, 0.25) is 0 Å². The largest absolute Gasteiger partial charge is 0.223 e. The first-order valence-electron chi connectivity index (χ1n) is 6.36. The van der Waals surface area contributed by atoms with Crippen LogP contribution >= 0.6 is 56.9 Å². The number of hydrogen-bond donors (Lipinski definition) is 0. The highest BCUT2D eigenvalue weighted by atomic mass is 127. The Balaban J connectivity index is 1.96. The van der Waals surface area contributed by atoms with E-state index in [9.17, 15) is 8.42 Å². The van der Waals surface area contributed by atoms with Gasteiger partial charge in [0.15, 0.2) is 9.84 Å². The second-order valence-corrected chi connectivity index (χ2v) is 11.5. The van der Waals surface area contributed by atoms with Crippen LogP contribution in [-0.2, 0) is 16.3 Å². The van der Waals surface area contributed by atoms with Crippen molar-refractivity contribution in [2.24, 2.45) is 5.92 Å². The highest BCUT2D eigenvalue weighted by molar-refractivity contribution is 14.1. The molecule has 0 spiro atoms. The second-order valence-electron chi connectivity index (χ2n) is 5.54. The summed E-state index contributed by atoms with van der Waals surface area (Å²) in [5.74, 6) is 0.357. The Bertz CT molecular complexity index is 671. The van der Waals surface area contributed by atoms with Crippen molar-refractivity contribution in [3.05, 3.63) is 24.8 Å². The van der Waals surface area contributed by atoms with Crippen molar-refractivity contribution in [2.75, 3.05) is 0 Å². The summed E-state index contributed by atoms with van der Waals surface area (Å²) in [5.41, 5.74) is 1.06. The molecule has 0 saturated carbocycles. The molecule has 0 amide bonds. The molecule has 2 saturated heterocycles. The molecule has 1 aromatic carbocycles. The third-order valence-electron chi connectivity index (χ3n) is 4.53. The fourth-order valence-corrected chi connectivity index (χ4v) is 11.7. The average molecular weight is 518 g/mol. The van der Waals surface area contributed by atoms with Crippen molar-refractivity contribution < 1.29 is 8.42 Å². The van der Waals surface area contributed by atoms with E-state index in [0.29, 0.717) is 21.3 Å². The Morgan fingerprint density at radius 3 is 2.68 bits per heavy atom. The van der Waals surface area contributed by atoms with Crippen molar-refractivity contribution in [1.82, 2.24) is 0 Å². The molecule has 4 unspecified atom stereocenters. The summed E-state index contributed by atoms with van der Waals surface area (Å²) in [6, 6.07) is 4.06. The lowest BCUT2D eigenvalue weighted by atomic mass is 9.84. The van der Waals surface area contributed by atoms with Crippen LogP contribution in [0.3, 0.4) is 0 Å². The van der Waals surface area contributed by atoms with Gasteiger partial charge < -0.3 is 0 Å². The monoisotopic (exact) mass is 518 g/mol. The Hall–Kier alpha value is 0.980. The molecule has 102 valence electrons. The summed E-state index contributed by atoms with van der Waals surface area (Å²) in [4.78, 5) is 0.642. The summed E-state index contributed by atoms with van der Waals surface area (Å²) in [6.45, 7) is 0. The lowest BCUT2D eigenvalue weighted by Gasteiger charge is -2.35. The zero-order valence-electron chi connectivity index (χ0n) is 9.97. The summed E-state index contributed by atoms with van der Waals surface area (Å²) >= 11 is 6.41. The molecule has 2 fully saturated rings. The molecule has 1 aromatic rings. The maximum atomic E-state index is 13.0. The first kappa shape index (κ1) is 13.6. The smallest absolute Gasteiger partial charge is 0.183 e. The zero-order chi connectivity index (χ0) is 13.4. The van der Waals surface area contributed by atoms with Crippen LogP contribution < -0.4 is 0 Å². The fourth-order valence-electron chi connectivity index (χ4n) is 3.88. The van der Waals surface area contributed by atoms with Crippen molar-refractivity contribution in [1.29, 1.82) is 0 Å². The van der Waals surface area contributed by atoms with Crippen LogP contribution in [0.1, 0.15) is 18.4 Å². The molecule has 4 atom stereocenters. The number of sulfone groups is 1. The molecule has 0 aromatic heterocycles. The van der Waals surface area contributed by atoms with E-state index in [2.05, 4.69) is 51.2 Å². The molecule has 4 rings (SSSR count). The molecule has 3 aliphatic rings. The maximum absolute atomic E-state index is 13.0. The number of benzene rings is 1. The van der Waals surface area contributed by atoms with Crippen LogP contribution in [0.5, 0.6) is 0 Å². The molecule has 19 heavy (non-hydrogen) atoms. The normalized spacial score (nSPS) is 38.0. The van der Waals surface area contributed by atoms with Crippen molar-refractivity contribution >= 4 is 66.8 Å². The van der Waals surface area contributed by atoms with Gasteiger partial charge in [0.2, 0.25) is 0 Å². The highest BCUT2D eigenvalue weighted by Crippen LogP contribution is 2.56. The highest BCUT2D eigenvalue weighted by Gasteiger charge is 2.57. The van der Waals surface area contributed by atoms with Crippen LogP contribution in [-0.4, -0.2) is 24.2 Å². The Morgan fingerprint density at radius 1 is 1.16 bits per heavy atom. The minimum atomic E-state index is -3.13. The Labute approximate surface area is 144 Å². The van der Waals surface area contributed by atoms with Gasteiger partial charge in [-0.1, -0.05) is 0 Å². The third-order valence-corrected chi connectivity index (χ3v) is 10.8.